The van der Waals surface area contributed by atoms with Crippen molar-refractivity contribution in [2.45, 2.75) is 45.7 Å². The summed E-state index contributed by atoms with van der Waals surface area (Å²) in [5, 5.41) is 7.67. The lowest BCUT2D eigenvalue weighted by atomic mass is 9.93. The van der Waals surface area contributed by atoms with E-state index in [4.69, 9.17) is 11.6 Å². The van der Waals surface area contributed by atoms with E-state index in [0.717, 1.165) is 12.8 Å². The van der Waals surface area contributed by atoms with Gasteiger partial charge in [-0.05, 0) is 25.2 Å². The molecule has 1 heterocycles. The quantitative estimate of drug-likeness (QED) is 0.899. The van der Waals surface area contributed by atoms with Crippen LogP contribution in [0.25, 0.3) is 0 Å². The van der Waals surface area contributed by atoms with E-state index in [9.17, 15) is 4.79 Å². The normalized spacial score (nSPS) is 16.0. The number of aromatic nitrogens is 2. The van der Waals surface area contributed by atoms with Crippen molar-refractivity contribution < 1.29 is 0 Å². The Kier molecular flexibility index (Phi) is 3.72. The molecule has 0 radical (unpaired) electrons. The third-order valence-corrected chi connectivity index (χ3v) is 3.35. The van der Waals surface area contributed by atoms with Crippen LogP contribution in [-0.2, 0) is 6.54 Å². The Morgan fingerprint density at radius 2 is 2.29 bits per heavy atom. The minimum Gasteiger partial charge on any atom is -0.380 e. The molecule has 1 fully saturated rings. The van der Waals surface area contributed by atoms with Gasteiger partial charge in [-0.25, -0.2) is 4.68 Å². The van der Waals surface area contributed by atoms with Gasteiger partial charge in [0.25, 0.3) is 5.56 Å². The molecule has 1 aromatic rings. The molecule has 0 aliphatic heterocycles. The molecule has 1 aromatic heterocycles. The Morgan fingerprint density at radius 3 is 2.82 bits per heavy atom. The number of nitrogens with one attached hydrogen (secondary N) is 1. The topological polar surface area (TPSA) is 46.9 Å². The van der Waals surface area contributed by atoms with Gasteiger partial charge in [-0.2, -0.15) is 5.10 Å². The fourth-order valence-electron chi connectivity index (χ4n) is 1.81. The van der Waals surface area contributed by atoms with Crippen molar-refractivity contribution in [1.82, 2.24) is 9.78 Å². The molecular weight excluding hydrogens is 238 g/mol. The Balaban J connectivity index is 2.19. The SMILES string of the molecule is CC(C)Cn1ncc(NC2CCC2)c(Cl)c1=O. The van der Waals surface area contributed by atoms with E-state index in [1.54, 1.807) is 6.20 Å². The van der Waals surface area contributed by atoms with E-state index < -0.39 is 0 Å². The fourth-order valence-corrected chi connectivity index (χ4v) is 2.02. The maximum Gasteiger partial charge on any atom is 0.287 e. The van der Waals surface area contributed by atoms with Crippen molar-refractivity contribution in [1.29, 1.82) is 0 Å². The van der Waals surface area contributed by atoms with Crippen LogP contribution in [0.3, 0.4) is 0 Å². The monoisotopic (exact) mass is 255 g/mol. The van der Waals surface area contributed by atoms with Crippen LogP contribution in [0.1, 0.15) is 33.1 Å². The van der Waals surface area contributed by atoms with Crippen molar-refractivity contribution in [3.8, 4) is 0 Å². The number of hydrogen-bond acceptors (Lipinski definition) is 3. The summed E-state index contributed by atoms with van der Waals surface area (Å²) < 4.78 is 1.43. The Labute approximate surface area is 106 Å². The van der Waals surface area contributed by atoms with Gasteiger partial charge in [-0.3, -0.25) is 4.79 Å². The number of nitrogens with zero attached hydrogens (tertiary/aromatic N) is 2. The van der Waals surface area contributed by atoms with Gasteiger partial charge >= 0.3 is 0 Å². The summed E-state index contributed by atoms with van der Waals surface area (Å²) in [6, 6.07) is 0.453. The summed E-state index contributed by atoms with van der Waals surface area (Å²) in [7, 11) is 0. The molecule has 1 N–H and O–H groups in total. The van der Waals surface area contributed by atoms with Crippen LogP contribution in [0.5, 0.6) is 0 Å². The second-order valence-electron chi connectivity index (χ2n) is 5.03. The standard InChI is InChI=1S/C12H18ClN3O/c1-8(2)7-16-12(17)11(13)10(6-14-16)15-9-4-3-5-9/h6,8-9,15H,3-5,7H2,1-2H3. The van der Waals surface area contributed by atoms with Gasteiger partial charge < -0.3 is 5.32 Å². The molecule has 94 valence electrons. The molecular formula is C12H18ClN3O. The average molecular weight is 256 g/mol. The van der Waals surface area contributed by atoms with Gasteiger partial charge in [0.2, 0.25) is 0 Å². The zero-order chi connectivity index (χ0) is 12.4. The molecule has 1 saturated carbocycles. The molecule has 0 unspecified atom stereocenters. The highest BCUT2D eigenvalue weighted by Crippen LogP contribution is 2.25. The summed E-state index contributed by atoms with van der Waals surface area (Å²) >= 11 is 6.07. The molecule has 0 amide bonds. The highest BCUT2D eigenvalue weighted by molar-refractivity contribution is 6.32. The first kappa shape index (κ1) is 12.4. The highest BCUT2D eigenvalue weighted by Gasteiger charge is 2.19. The first-order chi connectivity index (χ1) is 8.08. The average Bonchev–Trinajstić information content (AvgIpc) is 2.21. The van der Waals surface area contributed by atoms with E-state index in [1.807, 2.05) is 13.8 Å². The van der Waals surface area contributed by atoms with Crippen molar-refractivity contribution in [3.63, 3.8) is 0 Å². The van der Waals surface area contributed by atoms with Crippen LogP contribution >= 0.6 is 11.6 Å². The molecule has 17 heavy (non-hydrogen) atoms. The smallest absolute Gasteiger partial charge is 0.287 e. The largest absolute Gasteiger partial charge is 0.380 e. The molecule has 0 bridgehead atoms. The fraction of sp³-hybridized carbons (Fsp3) is 0.667. The third-order valence-electron chi connectivity index (χ3n) is 2.99. The van der Waals surface area contributed by atoms with Crippen LogP contribution in [0.15, 0.2) is 11.0 Å². The molecule has 4 nitrogen and oxygen atoms in total. The second kappa shape index (κ2) is 5.08. The Hall–Kier alpha value is -1.03. The summed E-state index contributed by atoms with van der Waals surface area (Å²) in [6.07, 6.45) is 5.19. The molecule has 0 spiro atoms. The zero-order valence-electron chi connectivity index (χ0n) is 10.2. The lowest BCUT2D eigenvalue weighted by Crippen LogP contribution is -2.30. The van der Waals surface area contributed by atoms with E-state index in [0.29, 0.717) is 24.2 Å². The van der Waals surface area contributed by atoms with Crippen molar-refractivity contribution >= 4 is 17.3 Å². The molecule has 1 aliphatic rings. The van der Waals surface area contributed by atoms with Gasteiger partial charge in [0.1, 0.15) is 5.02 Å². The molecule has 0 saturated heterocycles. The van der Waals surface area contributed by atoms with Crippen LogP contribution < -0.4 is 10.9 Å². The van der Waals surface area contributed by atoms with Crippen LogP contribution in [0, 0.1) is 5.92 Å². The first-order valence-electron chi connectivity index (χ1n) is 6.10. The van der Waals surface area contributed by atoms with E-state index >= 15 is 0 Å². The molecule has 0 aromatic carbocycles. The Morgan fingerprint density at radius 1 is 1.59 bits per heavy atom. The lowest BCUT2D eigenvalue weighted by Gasteiger charge is -2.27. The van der Waals surface area contributed by atoms with Crippen molar-refractivity contribution in [2.24, 2.45) is 5.92 Å². The maximum absolute atomic E-state index is 11.9. The minimum absolute atomic E-state index is 0.204. The predicted molar refractivity (Wildman–Crippen MR) is 69.6 cm³/mol. The van der Waals surface area contributed by atoms with Gasteiger partial charge in [-0.1, -0.05) is 25.4 Å². The molecule has 2 rings (SSSR count). The predicted octanol–water partition coefficient (Wildman–Crippen LogP) is 2.52. The van der Waals surface area contributed by atoms with Gasteiger partial charge in [0.15, 0.2) is 0 Å². The number of halogens is 1. The lowest BCUT2D eigenvalue weighted by molar-refractivity contribution is 0.443. The molecule has 5 heteroatoms. The molecule has 1 aliphatic carbocycles. The van der Waals surface area contributed by atoms with Crippen molar-refractivity contribution in [2.75, 3.05) is 5.32 Å². The third kappa shape index (κ3) is 2.80. The van der Waals surface area contributed by atoms with Crippen LogP contribution in [0.2, 0.25) is 5.02 Å². The molecule has 0 atom stereocenters. The second-order valence-corrected chi connectivity index (χ2v) is 5.40. The minimum atomic E-state index is -0.204. The van der Waals surface area contributed by atoms with E-state index in [1.165, 1.54) is 11.1 Å². The van der Waals surface area contributed by atoms with Gasteiger partial charge in [0.05, 0.1) is 11.9 Å². The van der Waals surface area contributed by atoms with Gasteiger partial charge in [-0.15, -0.1) is 0 Å². The number of anilines is 1. The Bertz CT molecular complexity index is 452. The number of rotatable bonds is 4. The highest BCUT2D eigenvalue weighted by atomic mass is 35.5. The van der Waals surface area contributed by atoms with E-state index in [2.05, 4.69) is 10.4 Å². The van der Waals surface area contributed by atoms with E-state index in [-0.39, 0.29) is 10.6 Å². The van der Waals surface area contributed by atoms with Crippen molar-refractivity contribution in [3.05, 3.63) is 21.6 Å². The maximum atomic E-state index is 11.9. The summed E-state index contributed by atoms with van der Waals surface area (Å²) in [4.78, 5) is 11.9. The van der Waals surface area contributed by atoms with Gasteiger partial charge in [0, 0.05) is 12.6 Å². The van der Waals surface area contributed by atoms with Crippen LogP contribution in [0.4, 0.5) is 5.69 Å². The summed E-state index contributed by atoms with van der Waals surface area (Å²) in [5.74, 6) is 0.377. The number of hydrogen-bond donors (Lipinski definition) is 1. The van der Waals surface area contributed by atoms with Crippen LogP contribution in [-0.4, -0.2) is 15.8 Å². The summed E-state index contributed by atoms with van der Waals surface area (Å²) in [5.41, 5.74) is 0.464. The summed E-state index contributed by atoms with van der Waals surface area (Å²) in [6.45, 7) is 4.69. The first-order valence-corrected chi connectivity index (χ1v) is 6.48. The zero-order valence-corrected chi connectivity index (χ0v) is 11.0.